The predicted octanol–water partition coefficient (Wildman–Crippen LogP) is 8.29. The Kier molecular flexibility index (Phi) is 5.22. The second-order valence-corrected chi connectivity index (χ2v) is 11.4. The van der Waals surface area contributed by atoms with Crippen molar-refractivity contribution in [3.8, 4) is 22.3 Å². The number of aromatic amines is 1. The highest BCUT2D eigenvalue weighted by molar-refractivity contribution is 5.97. The number of nitrogens with zero attached hydrogens (tertiary/aromatic N) is 2. The molecule has 1 saturated heterocycles. The molecule has 8 rings (SSSR count). The number of hydrogen-bond donors (Lipinski definition) is 2. The second kappa shape index (κ2) is 8.92. The molecule has 0 spiro atoms. The van der Waals surface area contributed by atoms with E-state index >= 15 is 0 Å². The van der Waals surface area contributed by atoms with Crippen LogP contribution in [0.15, 0.2) is 77.8 Å². The molecule has 2 N–H and O–H groups in total. The van der Waals surface area contributed by atoms with E-state index < -0.39 is 0 Å². The molecule has 4 heteroatoms. The molecule has 188 valence electrons. The summed E-state index contributed by atoms with van der Waals surface area (Å²) < 4.78 is 0. The van der Waals surface area contributed by atoms with Gasteiger partial charge in [0, 0.05) is 12.1 Å². The normalized spacial score (nSPS) is 19.5. The maximum Gasteiger partial charge on any atom is 0.124 e. The Morgan fingerprint density at radius 3 is 2.21 bits per heavy atom. The summed E-state index contributed by atoms with van der Waals surface area (Å²) >= 11 is 0. The van der Waals surface area contributed by atoms with Gasteiger partial charge in [-0.3, -0.25) is 4.99 Å². The first-order chi connectivity index (χ1) is 18.8. The number of benzene rings is 4. The van der Waals surface area contributed by atoms with Crippen LogP contribution in [0.4, 0.5) is 5.69 Å². The van der Waals surface area contributed by atoms with Crippen LogP contribution in [0.5, 0.6) is 0 Å². The van der Waals surface area contributed by atoms with Crippen LogP contribution in [0.25, 0.3) is 44.1 Å². The highest BCUT2D eigenvalue weighted by atomic mass is 15.0. The summed E-state index contributed by atoms with van der Waals surface area (Å²) in [6.45, 7) is 1.08. The van der Waals surface area contributed by atoms with Crippen LogP contribution in [0.2, 0.25) is 0 Å². The molecule has 0 amide bonds. The van der Waals surface area contributed by atoms with Gasteiger partial charge in [0.2, 0.25) is 0 Å². The van der Waals surface area contributed by atoms with Crippen molar-refractivity contribution in [2.75, 3.05) is 6.54 Å². The van der Waals surface area contributed by atoms with Crippen LogP contribution >= 0.6 is 0 Å². The van der Waals surface area contributed by atoms with E-state index in [0.717, 1.165) is 36.2 Å². The van der Waals surface area contributed by atoms with E-state index in [1.165, 1.54) is 82.1 Å². The summed E-state index contributed by atoms with van der Waals surface area (Å²) in [6, 6.07) is 27.4. The van der Waals surface area contributed by atoms with Crippen LogP contribution < -0.4 is 5.32 Å². The molecular weight excluding hydrogens is 464 g/mol. The molecule has 1 aromatic heterocycles. The molecule has 0 unspecified atom stereocenters. The number of rotatable bonds is 4. The summed E-state index contributed by atoms with van der Waals surface area (Å²) in [6.07, 6.45) is 8.75. The molecule has 4 aromatic carbocycles. The van der Waals surface area contributed by atoms with Gasteiger partial charge >= 0.3 is 0 Å². The van der Waals surface area contributed by atoms with Crippen molar-refractivity contribution in [2.45, 2.75) is 51.0 Å². The van der Waals surface area contributed by atoms with Gasteiger partial charge in [-0.1, -0.05) is 49.2 Å². The van der Waals surface area contributed by atoms with Crippen LogP contribution in [0, 0.1) is 5.92 Å². The fourth-order valence-corrected chi connectivity index (χ4v) is 6.80. The Morgan fingerprint density at radius 1 is 0.684 bits per heavy atom. The largest absolute Gasteiger partial charge is 0.341 e. The van der Waals surface area contributed by atoms with Crippen molar-refractivity contribution < 1.29 is 0 Å². The van der Waals surface area contributed by atoms with Gasteiger partial charge in [0.25, 0.3) is 0 Å². The predicted molar refractivity (Wildman–Crippen MR) is 157 cm³/mol. The quantitative estimate of drug-likeness (QED) is 0.263. The maximum absolute atomic E-state index is 5.02. The minimum atomic E-state index is 0.352. The van der Waals surface area contributed by atoms with Crippen molar-refractivity contribution in [1.82, 2.24) is 15.3 Å². The first kappa shape index (κ1) is 22.2. The molecule has 1 saturated carbocycles. The van der Waals surface area contributed by atoms with Gasteiger partial charge in [-0.05, 0) is 113 Å². The van der Waals surface area contributed by atoms with E-state index in [0.29, 0.717) is 12.0 Å². The molecule has 1 aliphatic carbocycles. The van der Waals surface area contributed by atoms with Crippen molar-refractivity contribution in [3.63, 3.8) is 0 Å². The van der Waals surface area contributed by atoms with E-state index in [1.807, 2.05) is 0 Å². The summed E-state index contributed by atoms with van der Waals surface area (Å²) in [5.74, 6) is 1.77. The van der Waals surface area contributed by atoms with Crippen LogP contribution in [-0.2, 0) is 6.42 Å². The third-order valence-corrected chi connectivity index (χ3v) is 8.94. The zero-order valence-electron chi connectivity index (χ0n) is 21.6. The Bertz CT molecular complexity index is 1710. The van der Waals surface area contributed by atoms with Crippen molar-refractivity contribution in [3.05, 3.63) is 84.2 Å². The zero-order chi connectivity index (χ0) is 25.1. The van der Waals surface area contributed by atoms with E-state index in [9.17, 15) is 0 Å². The van der Waals surface area contributed by atoms with E-state index in [4.69, 9.17) is 9.98 Å². The number of aliphatic imine (C=N–C) groups is 1. The molecular formula is C34H32N4. The van der Waals surface area contributed by atoms with Gasteiger partial charge in [-0.25, -0.2) is 4.98 Å². The van der Waals surface area contributed by atoms with Gasteiger partial charge in [0.15, 0.2) is 0 Å². The molecule has 2 aliphatic heterocycles. The minimum Gasteiger partial charge on any atom is -0.341 e. The lowest BCUT2D eigenvalue weighted by Crippen LogP contribution is -2.13. The topological polar surface area (TPSA) is 53.1 Å². The van der Waals surface area contributed by atoms with Gasteiger partial charge in [0.05, 0.1) is 22.8 Å². The second-order valence-electron chi connectivity index (χ2n) is 11.4. The minimum absolute atomic E-state index is 0.352. The van der Waals surface area contributed by atoms with Crippen LogP contribution in [0.3, 0.4) is 0 Å². The first-order valence-corrected chi connectivity index (χ1v) is 14.2. The van der Waals surface area contributed by atoms with Gasteiger partial charge in [-0.2, -0.15) is 0 Å². The molecule has 3 heterocycles. The molecule has 5 aromatic rings. The number of imidazole rings is 1. The monoisotopic (exact) mass is 496 g/mol. The zero-order valence-corrected chi connectivity index (χ0v) is 21.6. The van der Waals surface area contributed by atoms with E-state index in [2.05, 4.69) is 83.1 Å². The van der Waals surface area contributed by atoms with Crippen molar-refractivity contribution >= 4 is 33.2 Å². The number of hydrogen-bond acceptors (Lipinski definition) is 3. The van der Waals surface area contributed by atoms with Crippen molar-refractivity contribution in [2.24, 2.45) is 10.9 Å². The molecule has 3 aliphatic rings. The number of H-pyrrole nitrogens is 1. The third kappa shape index (κ3) is 3.86. The average Bonchev–Trinajstić information content (AvgIpc) is 3.77. The highest BCUT2D eigenvalue weighted by Gasteiger charge is 2.25. The Hall–Kier alpha value is -3.76. The Morgan fingerprint density at radius 2 is 1.42 bits per heavy atom. The third-order valence-electron chi connectivity index (χ3n) is 8.94. The van der Waals surface area contributed by atoms with Crippen LogP contribution in [-0.4, -0.2) is 22.2 Å². The van der Waals surface area contributed by atoms with Crippen molar-refractivity contribution in [1.29, 1.82) is 0 Å². The van der Waals surface area contributed by atoms with Crippen LogP contribution in [0.1, 0.15) is 56.0 Å². The number of nitrogens with one attached hydrogen (secondary N) is 2. The molecule has 0 radical (unpaired) electrons. The fraction of sp³-hybridized carbons (Fsp3) is 0.294. The average molecular weight is 497 g/mol. The number of aromatic nitrogens is 2. The standard InChI is InChI=1S/C34H32N4/c1-2-5-22(4-1)32-20-28-18-25(11-13-29(28)36-32)23-9-7-21-8-10-24(17-27(21)16-23)26-12-14-30-33(19-26)38-34(37-30)31-6-3-15-35-31/h7-14,16-19,22,31,35H,1-6,15,20H2,(H,37,38)/t31-/m0/s1. The summed E-state index contributed by atoms with van der Waals surface area (Å²) in [5.41, 5.74) is 11.1. The summed E-state index contributed by atoms with van der Waals surface area (Å²) in [5, 5.41) is 6.08. The first-order valence-electron chi connectivity index (χ1n) is 14.2. The lowest BCUT2D eigenvalue weighted by Gasteiger charge is -2.09. The van der Waals surface area contributed by atoms with Gasteiger partial charge in [-0.15, -0.1) is 0 Å². The molecule has 4 nitrogen and oxygen atoms in total. The fourth-order valence-electron chi connectivity index (χ4n) is 6.80. The lowest BCUT2D eigenvalue weighted by molar-refractivity contribution is 0.614. The number of fused-ring (bicyclic) bond motifs is 3. The Labute approximate surface area is 223 Å². The molecule has 2 fully saturated rings. The summed E-state index contributed by atoms with van der Waals surface area (Å²) in [4.78, 5) is 13.4. The molecule has 38 heavy (non-hydrogen) atoms. The van der Waals surface area contributed by atoms with Gasteiger partial charge in [0.1, 0.15) is 5.82 Å². The van der Waals surface area contributed by atoms with Gasteiger partial charge < -0.3 is 10.3 Å². The maximum atomic E-state index is 5.02. The van der Waals surface area contributed by atoms with E-state index in [-0.39, 0.29) is 0 Å². The molecule has 1 atom stereocenters. The summed E-state index contributed by atoms with van der Waals surface area (Å²) in [7, 11) is 0. The Balaban J connectivity index is 1.10. The smallest absolute Gasteiger partial charge is 0.124 e. The SMILES string of the molecule is c1cc2c(cc1-c1ccc3ccc(-c4ccc5nc([C@@H]6CCCN6)[nH]c5c4)cc3c1)CC(C1CCCC1)=N2. The highest BCUT2D eigenvalue weighted by Crippen LogP contribution is 2.38. The van der Waals surface area contributed by atoms with E-state index in [1.54, 1.807) is 0 Å². The lowest BCUT2D eigenvalue weighted by atomic mass is 9.94. The molecule has 0 bridgehead atoms.